The van der Waals surface area contributed by atoms with Gasteiger partial charge in [-0.15, -0.1) is 0 Å². The Kier molecular flexibility index (Phi) is 3.91. The van der Waals surface area contributed by atoms with E-state index in [9.17, 15) is 5.11 Å². The highest BCUT2D eigenvalue weighted by molar-refractivity contribution is 5.63. The molecule has 2 atom stereocenters. The summed E-state index contributed by atoms with van der Waals surface area (Å²) in [6, 6.07) is 5.97. The van der Waals surface area contributed by atoms with Crippen LogP contribution >= 0.6 is 0 Å². The van der Waals surface area contributed by atoms with E-state index in [-0.39, 0.29) is 26.0 Å². The maximum atomic E-state index is 12.2. The molecule has 6 rings (SSSR count). The Morgan fingerprint density at radius 1 is 1.03 bits per heavy atom. The van der Waals surface area contributed by atoms with Crippen LogP contribution in [0.4, 0.5) is 0 Å². The smallest absolute Gasteiger partial charge is 0.235 e. The van der Waals surface area contributed by atoms with E-state index in [1.807, 2.05) is 18.2 Å². The van der Waals surface area contributed by atoms with Gasteiger partial charge in [0.2, 0.25) is 25.1 Å². The molecule has 0 bridgehead atoms. The van der Waals surface area contributed by atoms with E-state index in [0.717, 1.165) is 46.7 Å². The third-order valence-corrected chi connectivity index (χ3v) is 6.76. The standard InChI is InChI=1S/C21H22NO6.ClH/c1-22-6-5-12-7-16-19(28-11-26-16)20(24-2)17(12)21(22,23)8-13-3-4-15-18(14(13)9-22)27-10-25-15;/h3-4,7,23H,5-6,8-11H2,1-2H3;1H/q+1;/p-1. The summed E-state index contributed by atoms with van der Waals surface area (Å²) in [7, 11) is 3.72. The minimum Gasteiger partial charge on any atom is -1.00 e. The Morgan fingerprint density at radius 3 is 2.59 bits per heavy atom. The Hall–Kier alpha value is -2.35. The fraction of sp³-hybridized carbons (Fsp3) is 0.429. The predicted molar refractivity (Wildman–Crippen MR) is 97.7 cm³/mol. The first kappa shape index (κ1) is 18.7. The second-order valence-electron chi connectivity index (χ2n) is 8.14. The van der Waals surface area contributed by atoms with Gasteiger partial charge in [-0.25, -0.2) is 0 Å². The third-order valence-electron chi connectivity index (χ3n) is 6.76. The highest BCUT2D eigenvalue weighted by Gasteiger charge is 2.58. The van der Waals surface area contributed by atoms with Gasteiger partial charge in [0, 0.05) is 6.42 Å². The van der Waals surface area contributed by atoms with Gasteiger partial charge >= 0.3 is 0 Å². The molecule has 4 aliphatic heterocycles. The summed E-state index contributed by atoms with van der Waals surface area (Å²) in [6.07, 6.45) is 1.29. The van der Waals surface area contributed by atoms with Crippen molar-refractivity contribution in [2.45, 2.75) is 25.1 Å². The molecule has 0 saturated heterocycles. The number of halogens is 1. The van der Waals surface area contributed by atoms with Crippen molar-refractivity contribution in [1.82, 2.24) is 0 Å². The predicted octanol–water partition coefficient (Wildman–Crippen LogP) is -0.939. The molecule has 29 heavy (non-hydrogen) atoms. The van der Waals surface area contributed by atoms with Gasteiger partial charge in [0.05, 0.1) is 38.2 Å². The maximum absolute atomic E-state index is 12.2. The van der Waals surface area contributed by atoms with Crippen molar-refractivity contribution in [2.75, 3.05) is 34.3 Å². The molecule has 0 radical (unpaired) electrons. The molecule has 2 aromatic rings. The van der Waals surface area contributed by atoms with Crippen molar-refractivity contribution in [3.05, 3.63) is 40.5 Å². The van der Waals surface area contributed by atoms with Gasteiger partial charge in [-0.1, -0.05) is 6.07 Å². The average molecular weight is 420 g/mol. The number of rotatable bonds is 1. The number of aliphatic hydroxyl groups is 1. The van der Waals surface area contributed by atoms with Crippen molar-refractivity contribution < 1.29 is 45.7 Å². The summed E-state index contributed by atoms with van der Waals surface area (Å²) in [6.45, 7) is 1.89. The molecule has 1 N–H and O–H groups in total. The van der Waals surface area contributed by atoms with Crippen LogP contribution in [0.3, 0.4) is 0 Å². The van der Waals surface area contributed by atoms with Crippen LogP contribution in [0, 0.1) is 0 Å². The molecule has 0 saturated carbocycles. The minimum absolute atomic E-state index is 0. The lowest BCUT2D eigenvalue weighted by atomic mass is 9.78. The van der Waals surface area contributed by atoms with Gasteiger partial charge in [-0.3, -0.25) is 4.48 Å². The van der Waals surface area contributed by atoms with E-state index in [0.29, 0.717) is 34.7 Å². The lowest BCUT2D eigenvalue weighted by molar-refractivity contribution is -1.01. The first-order chi connectivity index (χ1) is 13.5. The van der Waals surface area contributed by atoms with E-state index in [1.54, 1.807) is 7.11 Å². The van der Waals surface area contributed by atoms with Crippen molar-refractivity contribution >= 4 is 0 Å². The van der Waals surface area contributed by atoms with Crippen molar-refractivity contribution in [3.63, 3.8) is 0 Å². The monoisotopic (exact) mass is 419 g/mol. The Bertz CT molecular complexity index is 1030. The SMILES string of the molecule is COc1c2c(cc3c1C1(O)Cc4ccc5c(c4C[N+]1(C)CC3)OCO5)OCO2.[Cl-]. The first-order valence-corrected chi connectivity index (χ1v) is 9.51. The van der Waals surface area contributed by atoms with Gasteiger partial charge in [-0.2, -0.15) is 0 Å². The number of hydrogen-bond acceptors (Lipinski definition) is 6. The average Bonchev–Trinajstić information content (AvgIpc) is 3.34. The first-order valence-electron chi connectivity index (χ1n) is 9.51. The molecule has 154 valence electrons. The summed E-state index contributed by atoms with van der Waals surface area (Å²) >= 11 is 0. The summed E-state index contributed by atoms with van der Waals surface area (Å²) in [5.41, 5.74) is 2.96. The number of nitrogens with zero attached hydrogens (tertiary/aromatic N) is 1. The van der Waals surface area contributed by atoms with Crippen LogP contribution in [0.2, 0.25) is 0 Å². The topological polar surface area (TPSA) is 66.4 Å². The van der Waals surface area contributed by atoms with Gasteiger partial charge in [0.25, 0.3) is 0 Å². The summed E-state index contributed by atoms with van der Waals surface area (Å²) in [4.78, 5) is 0. The Balaban J connectivity index is 0.00000181. The molecule has 7 nitrogen and oxygen atoms in total. The molecule has 0 spiro atoms. The zero-order valence-corrected chi connectivity index (χ0v) is 17.0. The third kappa shape index (κ3) is 2.26. The number of ether oxygens (including phenoxy) is 5. The van der Waals surface area contributed by atoms with Gasteiger partial charge < -0.3 is 41.2 Å². The number of quaternary nitrogens is 1. The molecule has 0 aliphatic carbocycles. The van der Waals surface area contributed by atoms with Crippen LogP contribution in [0.1, 0.15) is 22.3 Å². The summed E-state index contributed by atoms with van der Waals surface area (Å²) in [5, 5.41) is 12.2. The normalized spacial score (nSPS) is 27.4. The molecule has 0 amide bonds. The van der Waals surface area contributed by atoms with Crippen LogP contribution in [-0.4, -0.2) is 43.9 Å². The Morgan fingerprint density at radius 2 is 1.79 bits per heavy atom. The van der Waals surface area contributed by atoms with Gasteiger partial charge in [0.1, 0.15) is 6.54 Å². The van der Waals surface area contributed by atoms with Crippen LogP contribution in [0.5, 0.6) is 28.7 Å². The molecule has 2 aromatic carbocycles. The van der Waals surface area contributed by atoms with E-state index >= 15 is 0 Å². The largest absolute Gasteiger partial charge is 1.00 e. The lowest BCUT2D eigenvalue weighted by Gasteiger charge is -2.54. The van der Waals surface area contributed by atoms with E-state index in [4.69, 9.17) is 23.7 Å². The fourth-order valence-electron chi connectivity index (χ4n) is 5.23. The maximum Gasteiger partial charge on any atom is 0.235 e. The minimum atomic E-state index is -1.12. The number of hydrogen-bond donors (Lipinski definition) is 1. The summed E-state index contributed by atoms with van der Waals surface area (Å²) < 4.78 is 28.8. The molecular formula is C21H22ClNO6. The van der Waals surface area contributed by atoms with Crippen molar-refractivity contribution in [3.8, 4) is 28.7 Å². The van der Waals surface area contributed by atoms with E-state index in [2.05, 4.69) is 7.05 Å². The Labute approximate surface area is 174 Å². The summed E-state index contributed by atoms with van der Waals surface area (Å²) in [5.74, 6) is 3.46. The van der Waals surface area contributed by atoms with Crippen molar-refractivity contribution in [1.29, 1.82) is 0 Å². The molecule has 4 heterocycles. The van der Waals surface area contributed by atoms with Crippen molar-refractivity contribution in [2.24, 2.45) is 0 Å². The molecular weight excluding hydrogens is 398 g/mol. The number of methoxy groups -OCH3 is 1. The molecule has 8 heteroatoms. The highest BCUT2D eigenvalue weighted by Crippen LogP contribution is 2.56. The second kappa shape index (κ2) is 6.08. The fourth-order valence-corrected chi connectivity index (χ4v) is 5.23. The van der Waals surface area contributed by atoms with Crippen LogP contribution < -0.4 is 36.1 Å². The van der Waals surface area contributed by atoms with Gasteiger partial charge in [0.15, 0.2) is 23.0 Å². The molecule has 0 aromatic heterocycles. The quantitative estimate of drug-likeness (QED) is 0.602. The second-order valence-corrected chi connectivity index (χ2v) is 8.14. The molecule has 2 unspecified atom stereocenters. The van der Waals surface area contributed by atoms with E-state index < -0.39 is 5.72 Å². The van der Waals surface area contributed by atoms with Crippen LogP contribution in [0.15, 0.2) is 18.2 Å². The lowest BCUT2D eigenvalue weighted by Crippen LogP contribution is -3.00. The zero-order chi connectivity index (χ0) is 19.1. The molecule has 0 fully saturated rings. The number of likely N-dealkylation sites (N-methyl/N-ethyl adjacent to an activating group) is 1. The highest BCUT2D eigenvalue weighted by atomic mass is 35.5. The zero-order valence-electron chi connectivity index (χ0n) is 16.3. The van der Waals surface area contributed by atoms with Crippen LogP contribution in [0.25, 0.3) is 0 Å². The number of benzene rings is 2. The molecule has 4 aliphatic rings. The van der Waals surface area contributed by atoms with E-state index in [1.165, 1.54) is 0 Å². The number of fused-ring (bicyclic) bond motifs is 7. The van der Waals surface area contributed by atoms with Gasteiger partial charge in [-0.05, 0) is 23.3 Å². The van der Waals surface area contributed by atoms with Crippen LogP contribution in [-0.2, 0) is 25.1 Å².